The molecule has 2 N–H and O–H groups in total. The fourth-order valence-corrected chi connectivity index (χ4v) is 1.98. The van der Waals surface area contributed by atoms with Crippen LogP contribution in [0.1, 0.15) is 44.9 Å². The van der Waals surface area contributed by atoms with E-state index in [1.807, 2.05) is 0 Å². The van der Waals surface area contributed by atoms with Crippen LogP contribution in [-0.2, 0) is 4.79 Å². The lowest BCUT2D eigenvalue weighted by molar-refractivity contribution is -0.132. The number of unbranched alkanes of at least 4 members (excludes halogenated alkanes) is 1. The van der Waals surface area contributed by atoms with Crippen molar-refractivity contribution in [2.24, 2.45) is 11.7 Å². The van der Waals surface area contributed by atoms with Gasteiger partial charge in [-0.3, -0.25) is 4.79 Å². The van der Waals surface area contributed by atoms with Gasteiger partial charge in [0.15, 0.2) is 0 Å². The third-order valence-corrected chi connectivity index (χ3v) is 3.30. The Bertz CT molecular complexity index is 222. The van der Waals surface area contributed by atoms with E-state index in [-0.39, 0.29) is 0 Å². The molecule has 3 heteroatoms. The van der Waals surface area contributed by atoms with Crippen molar-refractivity contribution in [3.05, 3.63) is 0 Å². The van der Waals surface area contributed by atoms with Gasteiger partial charge in [0.1, 0.15) is 0 Å². The molecule has 0 atom stereocenters. The molecule has 0 saturated heterocycles. The lowest BCUT2D eigenvalue weighted by atomic mass is 10.2. The number of hydrogen-bond acceptors (Lipinski definition) is 2. The zero-order valence-corrected chi connectivity index (χ0v) is 9.45. The smallest absolute Gasteiger partial charge is 0.222 e. The Balaban J connectivity index is 1.72. The van der Waals surface area contributed by atoms with E-state index in [9.17, 15) is 4.79 Å². The first-order valence-electron chi connectivity index (χ1n) is 6.31. The van der Waals surface area contributed by atoms with E-state index in [4.69, 9.17) is 5.73 Å². The molecular formula is C12H22N2O. The standard InChI is InChI=1S/C12H22N2O/c13-8-2-1-3-12(15)14(11-6-7-11)9-10-4-5-10/h10-11H,1-9,13H2. The Hall–Kier alpha value is -0.570. The highest BCUT2D eigenvalue weighted by molar-refractivity contribution is 5.76. The maximum atomic E-state index is 11.9. The summed E-state index contributed by atoms with van der Waals surface area (Å²) in [6.07, 6.45) is 7.78. The zero-order valence-electron chi connectivity index (χ0n) is 9.45. The van der Waals surface area contributed by atoms with Crippen molar-refractivity contribution >= 4 is 5.91 Å². The Morgan fingerprint density at radius 1 is 1.20 bits per heavy atom. The van der Waals surface area contributed by atoms with Crippen LogP contribution in [0.5, 0.6) is 0 Å². The van der Waals surface area contributed by atoms with E-state index in [2.05, 4.69) is 4.90 Å². The second-order valence-electron chi connectivity index (χ2n) is 4.97. The monoisotopic (exact) mass is 210 g/mol. The third kappa shape index (κ3) is 3.49. The topological polar surface area (TPSA) is 46.3 Å². The molecule has 0 bridgehead atoms. The van der Waals surface area contributed by atoms with Gasteiger partial charge in [-0.05, 0) is 51.0 Å². The Kier molecular flexibility index (Phi) is 3.62. The van der Waals surface area contributed by atoms with Gasteiger partial charge in [-0.1, -0.05) is 0 Å². The van der Waals surface area contributed by atoms with Gasteiger partial charge in [-0.15, -0.1) is 0 Å². The summed E-state index contributed by atoms with van der Waals surface area (Å²) >= 11 is 0. The van der Waals surface area contributed by atoms with Crippen molar-refractivity contribution in [2.75, 3.05) is 13.1 Å². The predicted molar refractivity (Wildman–Crippen MR) is 60.4 cm³/mol. The highest BCUT2D eigenvalue weighted by Gasteiger charge is 2.35. The minimum atomic E-state index is 0.373. The van der Waals surface area contributed by atoms with E-state index < -0.39 is 0 Å². The average molecular weight is 210 g/mol. The molecule has 0 unspecified atom stereocenters. The highest BCUT2D eigenvalue weighted by Crippen LogP contribution is 2.35. The van der Waals surface area contributed by atoms with E-state index in [0.29, 0.717) is 24.9 Å². The summed E-state index contributed by atoms with van der Waals surface area (Å²) in [6, 6.07) is 0.593. The van der Waals surface area contributed by atoms with E-state index in [1.54, 1.807) is 0 Å². The van der Waals surface area contributed by atoms with Gasteiger partial charge in [0, 0.05) is 19.0 Å². The number of carbonyl (C=O) groups is 1. The van der Waals surface area contributed by atoms with E-state index >= 15 is 0 Å². The van der Waals surface area contributed by atoms with E-state index in [0.717, 1.165) is 25.3 Å². The van der Waals surface area contributed by atoms with Gasteiger partial charge in [0.2, 0.25) is 5.91 Å². The molecular weight excluding hydrogens is 188 g/mol. The first-order valence-corrected chi connectivity index (χ1v) is 6.31. The molecule has 3 nitrogen and oxygen atoms in total. The van der Waals surface area contributed by atoms with Crippen LogP contribution < -0.4 is 5.73 Å². The van der Waals surface area contributed by atoms with Crippen LogP contribution in [0.3, 0.4) is 0 Å². The molecule has 15 heavy (non-hydrogen) atoms. The number of carbonyl (C=O) groups excluding carboxylic acids is 1. The molecule has 0 aromatic heterocycles. The number of amides is 1. The van der Waals surface area contributed by atoms with Crippen LogP contribution in [0.2, 0.25) is 0 Å². The number of nitrogens with zero attached hydrogens (tertiary/aromatic N) is 1. The first kappa shape index (κ1) is 10.9. The van der Waals surface area contributed by atoms with Gasteiger partial charge >= 0.3 is 0 Å². The first-order chi connectivity index (χ1) is 7.31. The molecule has 0 heterocycles. The van der Waals surface area contributed by atoms with Crippen LogP contribution in [0.15, 0.2) is 0 Å². The van der Waals surface area contributed by atoms with Gasteiger partial charge in [0.05, 0.1) is 0 Å². The summed E-state index contributed by atoms with van der Waals surface area (Å²) in [7, 11) is 0. The van der Waals surface area contributed by atoms with Crippen LogP contribution in [0.25, 0.3) is 0 Å². The maximum absolute atomic E-state index is 11.9. The van der Waals surface area contributed by atoms with Crippen LogP contribution in [0.4, 0.5) is 0 Å². The zero-order chi connectivity index (χ0) is 10.7. The summed E-state index contributed by atoms with van der Waals surface area (Å²) < 4.78 is 0. The van der Waals surface area contributed by atoms with Crippen LogP contribution in [-0.4, -0.2) is 29.9 Å². The normalized spacial score (nSPS) is 20.3. The van der Waals surface area contributed by atoms with Gasteiger partial charge in [0.25, 0.3) is 0 Å². The summed E-state index contributed by atoms with van der Waals surface area (Å²) in [5.41, 5.74) is 5.43. The fraction of sp³-hybridized carbons (Fsp3) is 0.917. The van der Waals surface area contributed by atoms with Crippen molar-refractivity contribution < 1.29 is 4.79 Å². The molecule has 0 radical (unpaired) electrons. The number of hydrogen-bond donors (Lipinski definition) is 1. The second-order valence-corrected chi connectivity index (χ2v) is 4.97. The average Bonchev–Trinajstić information content (AvgIpc) is 3.06. The lowest BCUT2D eigenvalue weighted by Gasteiger charge is -2.22. The summed E-state index contributed by atoms with van der Waals surface area (Å²) in [4.78, 5) is 14.1. The summed E-state index contributed by atoms with van der Waals surface area (Å²) in [5, 5.41) is 0. The summed E-state index contributed by atoms with van der Waals surface area (Å²) in [5.74, 6) is 1.20. The number of rotatable bonds is 7. The molecule has 0 spiro atoms. The molecule has 1 amide bonds. The molecule has 2 saturated carbocycles. The van der Waals surface area contributed by atoms with Gasteiger partial charge < -0.3 is 10.6 Å². The minimum absolute atomic E-state index is 0.373. The van der Waals surface area contributed by atoms with Gasteiger partial charge in [-0.25, -0.2) is 0 Å². The lowest BCUT2D eigenvalue weighted by Crippen LogP contribution is -2.34. The SMILES string of the molecule is NCCCCC(=O)N(CC1CC1)C1CC1. The fourth-order valence-electron chi connectivity index (χ4n) is 1.98. The second kappa shape index (κ2) is 4.97. The largest absolute Gasteiger partial charge is 0.339 e. The van der Waals surface area contributed by atoms with Crippen LogP contribution >= 0.6 is 0 Å². The molecule has 0 aromatic carbocycles. The third-order valence-electron chi connectivity index (χ3n) is 3.30. The predicted octanol–water partition coefficient (Wildman–Crippen LogP) is 1.52. The minimum Gasteiger partial charge on any atom is -0.339 e. The number of nitrogens with two attached hydrogens (primary N) is 1. The maximum Gasteiger partial charge on any atom is 0.222 e. The quantitative estimate of drug-likeness (QED) is 0.647. The Morgan fingerprint density at radius 2 is 1.93 bits per heavy atom. The van der Waals surface area contributed by atoms with Crippen molar-refractivity contribution in [1.29, 1.82) is 0 Å². The highest BCUT2D eigenvalue weighted by atomic mass is 16.2. The Morgan fingerprint density at radius 3 is 2.47 bits per heavy atom. The molecule has 2 aliphatic carbocycles. The van der Waals surface area contributed by atoms with Crippen molar-refractivity contribution in [1.82, 2.24) is 4.90 Å². The van der Waals surface area contributed by atoms with Crippen molar-refractivity contribution in [3.8, 4) is 0 Å². The molecule has 2 aliphatic rings. The molecule has 0 aromatic rings. The molecule has 0 aliphatic heterocycles. The van der Waals surface area contributed by atoms with Crippen molar-refractivity contribution in [2.45, 2.75) is 51.0 Å². The summed E-state index contributed by atoms with van der Waals surface area (Å²) in [6.45, 7) is 1.74. The molecule has 2 fully saturated rings. The van der Waals surface area contributed by atoms with E-state index in [1.165, 1.54) is 25.7 Å². The van der Waals surface area contributed by atoms with Crippen LogP contribution in [0, 0.1) is 5.92 Å². The van der Waals surface area contributed by atoms with Gasteiger partial charge in [-0.2, -0.15) is 0 Å². The molecule has 86 valence electrons. The van der Waals surface area contributed by atoms with Crippen molar-refractivity contribution in [3.63, 3.8) is 0 Å². The molecule has 2 rings (SSSR count). The Labute approximate surface area is 92.0 Å².